The van der Waals surface area contributed by atoms with Crippen molar-refractivity contribution < 1.29 is 22.3 Å². The number of hydrogen-bond acceptors (Lipinski definition) is 7. The van der Waals surface area contributed by atoms with Gasteiger partial charge >= 0.3 is 6.55 Å². The molecule has 35 heavy (non-hydrogen) atoms. The molecule has 1 aliphatic heterocycles. The summed E-state index contributed by atoms with van der Waals surface area (Å²) in [6, 6.07) is 3.23. The number of alkyl halides is 2. The molecule has 1 aliphatic rings. The Hall–Kier alpha value is -3.67. The van der Waals surface area contributed by atoms with Crippen LogP contribution in [0.1, 0.15) is 36.5 Å². The second-order valence-electron chi connectivity index (χ2n) is 8.43. The number of aryl methyl sites for hydroxylation is 2. The standard InChI is InChI=1S/C23H21F4N7O/c1-11-8-33(10-18(35-11)14-7-28-34(9-14)22(26)27)23-31-19(16-5-4-15(24)6-17(16)25)20-21(32-23)30-13(3)12(2)29-20/h4-7,9,11,18,22H,8,10H2,1-3H3/t11-,18-/m0/s1. The van der Waals surface area contributed by atoms with Gasteiger partial charge in [-0.2, -0.15) is 18.9 Å². The zero-order valence-electron chi connectivity index (χ0n) is 19.1. The molecule has 4 aromatic rings. The molecule has 5 rings (SSSR count). The number of morpholine rings is 1. The maximum atomic E-state index is 14.8. The van der Waals surface area contributed by atoms with E-state index in [1.54, 1.807) is 13.8 Å². The normalized spacial score (nSPS) is 18.6. The molecule has 0 spiro atoms. The molecule has 8 nitrogen and oxygen atoms in total. The summed E-state index contributed by atoms with van der Waals surface area (Å²) in [5.74, 6) is -1.25. The summed E-state index contributed by atoms with van der Waals surface area (Å²) in [5.41, 5.74) is 2.57. The van der Waals surface area contributed by atoms with Crippen LogP contribution >= 0.6 is 0 Å². The van der Waals surface area contributed by atoms with Crippen molar-refractivity contribution in [2.45, 2.75) is 39.5 Å². The van der Waals surface area contributed by atoms with Gasteiger partial charge in [-0.25, -0.2) is 28.4 Å². The fourth-order valence-corrected chi connectivity index (χ4v) is 4.04. The summed E-state index contributed by atoms with van der Waals surface area (Å²) in [6.07, 6.45) is 1.72. The van der Waals surface area contributed by atoms with E-state index in [9.17, 15) is 17.6 Å². The van der Waals surface area contributed by atoms with Crippen LogP contribution in [0, 0.1) is 25.5 Å². The Balaban J connectivity index is 1.60. The largest absolute Gasteiger partial charge is 0.367 e. The van der Waals surface area contributed by atoms with Crippen LogP contribution in [-0.2, 0) is 4.74 Å². The molecule has 182 valence electrons. The number of fused-ring (bicyclic) bond motifs is 1. The molecule has 1 saturated heterocycles. The predicted molar refractivity (Wildman–Crippen MR) is 119 cm³/mol. The highest BCUT2D eigenvalue weighted by Crippen LogP contribution is 2.32. The molecule has 0 radical (unpaired) electrons. The van der Waals surface area contributed by atoms with Crippen LogP contribution in [0.3, 0.4) is 0 Å². The lowest BCUT2D eigenvalue weighted by Gasteiger charge is -2.36. The number of aromatic nitrogens is 6. The molecular weight excluding hydrogens is 466 g/mol. The highest BCUT2D eigenvalue weighted by molar-refractivity contribution is 5.88. The first kappa shape index (κ1) is 23.1. The molecule has 12 heteroatoms. The highest BCUT2D eigenvalue weighted by Gasteiger charge is 2.30. The molecule has 0 unspecified atom stereocenters. The molecule has 4 heterocycles. The molecule has 0 amide bonds. The predicted octanol–water partition coefficient (Wildman–Crippen LogP) is 4.54. The van der Waals surface area contributed by atoms with Crippen molar-refractivity contribution in [3.63, 3.8) is 0 Å². The smallest absolute Gasteiger partial charge is 0.333 e. The third-order valence-corrected chi connectivity index (χ3v) is 5.85. The first-order valence-corrected chi connectivity index (χ1v) is 10.9. The Kier molecular flexibility index (Phi) is 5.83. The van der Waals surface area contributed by atoms with Gasteiger partial charge in [0.1, 0.15) is 28.9 Å². The second kappa shape index (κ2) is 8.84. The van der Waals surface area contributed by atoms with E-state index in [1.165, 1.54) is 18.5 Å². The van der Waals surface area contributed by atoms with Crippen LogP contribution in [0.2, 0.25) is 0 Å². The molecular formula is C23H21F4N7O. The summed E-state index contributed by atoms with van der Waals surface area (Å²) in [6.45, 7) is 3.28. The molecule has 1 aromatic carbocycles. The van der Waals surface area contributed by atoms with Gasteiger partial charge in [0.25, 0.3) is 0 Å². The van der Waals surface area contributed by atoms with E-state index in [2.05, 4.69) is 25.0 Å². The quantitative estimate of drug-likeness (QED) is 0.391. The van der Waals surface area contributed by atoms with Crippen molar-refractivity contribution in [2.24, 2.45) is 0 Å². The number of nitrogens with zero attached hydrogens (tertiary/aromatic N) is 7. The Bertz CT molecular complexity index is 1410. The molecule has 2 atom stereocenters. The SMILES string of the molecule is Cc1nc2nc(N3C[C@@H](c4cnn(C(F)F)c4)O[C@@H](C)C3)nc(-c3ccc(F)cc3F)c2nc1C. The molecule has 3 aromatic heterocycles. The first-order valence-electron chi connectivity index (χ1n) is 10.9. The molecule has 0 N–H and O–H groups in total. The van der Waals surface area contributed by atoms with Crippen molar-refractivity contribution in [3.05, 3.63) is 59.2 Å². The van der Waals surface area contributed by atoms with Crippen molar-refractivity contribution in [1.29, 1.82) is 0 Å². The third-order valence-electron chi connectivity index (χ3n) is 5.85. The minimum Gasteiger partial charge on any atom is -0.367 e. The van der Waals surface area contributed by atoms with Crippen LogP contribution < -0.4 is 4.90 Å². The Morgan fingerprint density at radius 1 is 1.03 bits per heavy atom. The van der Waals surface area contributed by atoms with E-state index in [0.717, 1.165) is 12.1 Å². The average Bonchev–Trinajstić information content (AvgIpc) is 3.30. The van der Waals surface area contributed by atoms with E-state index < -0.39 is 24.3 Å². The van der Waals surface area contributed by atoms with Gasteiger partial charge in [-0.15, -0.1) is 0 Å². The minimum atomic E-state index is -2.76. The summed E-state index contributed by atoms with van der Waals surface area (Å²) < 4.78 is 60.9. The molecule has 0 bridgehead atoms. The summed E-state index contributed by atoms with van der Waals surface area (Å²) in [4.78, 5) is 20.0. The van der Waals surface area contributed by atoms with E-state index >= 15 is 0 Å². The Morgan fingerprint density at radius 2 is 1.80 bits per heavy atom. The van der Waals surface area contributed by atoms with Crippen LogP contribution in [0.4, 0.5) is 23.5 Å². The van der Waals surface area contributed by atoms with Crippen molar-refractivity contribution >= 4 is 17.1 Å². The van der Waals surface area contributed by atoms with Gasteiger partial charge in [-0.1, -0.05) is 0 Å². The van der Waals surface area contributed by atoms with Gasteiger partial charge < -0.3 is 9.64 Å². The topological polar surface area (TPSA) is 81.9 Å². The van der Waals surface area contributed by atoms with Gasteiger partial charge in [-0.05, 0) is 32.9 Å². The van der Waals surface area contributed by atoms with Gasteiger partial charge in [0, 0.05) is 29.9 Å². The average molecular weight is 487 g/mol. The highest BCUT2D eigenvalue weighted by atomic mass is 19.3. The lowest BCUT2D eigenvalue weighted by Crippen LogP contribution is -2.43. The number of hydrogen-bond donors (Lipinski definition) is 0. The zero-order valence-corrected chi connectivity index (χ0v) is 19.1. The summed E-state index contributed by atoms with van der Waals surface area (Å²) in [5, 5.41) is 3.69. The van der Waals surface area contributed by atoms with Crippen LogP contribution in [0.15, 0.2) is 30.6 Å². The Labute approximate surface area is 197 Å². The lowest BCUT2D eigenvalue weighted by atomic mass is 10.1. The minimum absolute atomic E-state index is 0.0636. The third kappa shape index (κ3) is 4.41. The fourth-order valence-electron chi connectivity index (χ4n) is 4.04. The molecule has 0 aliphatic carbocycles. The molecule has 0 saturated carbocycles. The fraction of sp³-hybridized carbons (Fsp3) is 0.348. The monoisotopic (exact) mass is 487 g/mol. The summed E-state index contributed by atoms with van der Waals surface area (Å²) in [7, 11) is 0. The number of rotatable bonds is 4. The van der Waals surface area contributed by atoms with E-state index in [4.69, 9.17) is 4.74 Å². The van der Waals surface area contributed by atoms with Gasteiger partial charge in [0.05, 0.1) is 30.2 Å². The maximum absolute atomic E-state index is 14.8. The number of ether oxygens (including phenoxy) is 1. The second-order valence-corrected chi connectivity index (χ2v) is 8.43. The molecule has 1 fully saturated rings. The lowest BCUT2D eigenvalue weighted by molar-refractivity contribution is -0.0181. The van der Waals surface area contributed by atoms with Crippen LogP contribution in [0.5, 0.6) is 0 Å². The van der Waals surface area contributed by atoms with E-state index in [1.807, 2.05) is 11.8 Å². The van der Waals surface area contributed by atoms with E-state index in [0.29, 0.717) is 33.7 Å². The number of benzene rings is 1. The zero-order chi connectivity index (χ0) is 24.9. The first-order chi connectivity index (χ1) is 16.7. The Morgan fingerprint density at radius 3 is 2.51 bits per heavy atom. The van der Waals surface area contributed by atoms with Crippen LogP contribution in [0.25, 0.3) is 22.4 Å². The maximum Gasteiger partial charge on any atom is 0.333 e. The van der Waals surface area contributed by atoms with Crippen molar-refractivity contribution in [1.82, 2.24) is 29.7 Å². The summed E-state index contributed by atoms with van der Waals surface area (Å²) >= 11 is 0. The number of halogens is 4. The van der Waals surface area contributed by atoms with Gasteiger partial charge in [0.15, 0.2) is 5.65 Å². The van der Waals surface area contributed by atoms with E-state index in [-0.39, 0.29) is 35.5 Å². The van der Waals surface area contributed by atoms with Crippen LogP contribution in [-0.4, -0.2) is 48.9 Å². The van der Waals surface area contributed by atoms with Gasteiger partial charge in [0.2, 0.25) is 5.95 Å². The van der Waals surface area contributed by atoms with Crippen molar-refractivity contribution in [3.8, 4) is 11.3 Å². The van der Waals surface area contributed by atoms with Gasteiger partial charge in [-0.3, -0.25) is 0 Å². The van der Waals surface area contributed by atoms with Crippen molar-refractivity contribution in [2.75, 3.05) is 18.0 Å². The number of anilines is 1.